The number of nitrogens with zero attached hydrogens (tertiary/aromatic N) is 4. The van der Waals surface area contributed by atoms with Gasteiger partial charge in [-0.1, -0.05) is 0 Å². The van der Waals surface area contributed by atoms with Gasteiger partial charge in [0.1, 0.15) is 12.1 Å². The van der Waals surface area contributed by atoms with E-state index in [2.05, 4.69) is 46.2 Å². The summed E-state index contributed by atoms with van der Waals surface area (Å²) in [4.78, 5) is 13.4. The zero-order valence-electron chi connectivity index (χ0n) is 12.8. The van der Waals surface area contributed by atoms with E-state index in [9.17, 15) is 0 Å². The van der Waals surface area contributed by atoms with Gasteiger partial charge in [0.05, 0.1) is 11.0 Å². The minimum atomic E-state index is 0.651. The second-order valence-electron chi connectivity index (χ2n) is 5.26. The SMILES string of the molecule is CCNc1nc(C)cc(-n2cnc3cc(C)c(C)cc32)n1. The minimum absolute atomic E-state index is 0.651. The third-order valence-electron chi connectivity index (χ3n) is 3.59. The highest BCUT2D eigenvalue weighted by Gasteiger charge is 2.09. The van der Waals surface area contributed by atoms with Crippen molar-refractivity contribution in [3.05, 3.63) is 41.3 Å². The molecule has 0 fully saturated rings. The Balaban J connectivity index is 2.18. The Morgan fingerprint density at radius 1 is 1.05 bits per heavy atom. The molecule has 0 spiro atoms. The zero-order valence-corrected chi connectivity index (χ0v) is 12.8. The quantitative estimate of drug-likeness (QED) is 0.801. The number of benzene rings is 1. The van der Waals surface area contributed by atoms with Crippen LogP contribution in [0.1, 0.15) is 23.7 Å². The molecule has 0 atom stereocenters. The van der Waals surface area contributed by atoms with Gasteiger partial charge in [0.15, 0.2) is 0 Å². The van der Waals surface area contributed by atoms with Crippen LogP contribution in [-0.2, 0) is 0 Å². The highest BCUT2D eigenvalue weighted by atomic mass is 15.2. The largest absolute Gasteiger partial charge is 0.354 e. The van der Waals surface area contributed by atoms with Crippen molar-refractivity contribution < 1.29 is 0 Å². The van der Waals surface area contributed by atoms with E-state index in [1.54, 1.807) is 0 Å². The van der Waals surface area contributed by atoms with Crippen LogP contribution in [0.25, 0.3) is 16.9 Å². The van der Waals surface area contributed by atoms with E-state index < -0.39 is 0 Å². The summed E-state index contributed by atoms with van der Waals surface area (Å²) in [5.74, 6) is 1.49. The predicted octanol–water partition coefficient (Wildman–Crippen LogP) is 3.17. The lowest BCUT2D eigenvalue weighted by molar-refractivity contribution is 0.966. The summed E-state index contributed by atoms with van der Waals surface area (Å²) >= 11 is 0. The van der Waals surface area contributed by atoms with Crippen molar-refractivity contribution in [2.24, 2.45) is 0 Å². The molecular formula is C16H19N5. The average molecular weight is 281 g/mol. The average Bonchev–Trinajstić information content (AvgIpc) is 2.82. The number of hydrogen-bond acceptors (Lipinski definition) is 4. The molecule has 0 aliphatic carbocycles. The van der Waals surface area contributed by atoms with E-state index in [-0.39, 0.29) is 0 Å². The van der Waals surface area contributed by atoms with Crippen molar-refractivity contribution in [1.82, 2.24) is 19.5 Å². The number of rotatable bonds is 3. The third kappa shape index (κ3) is 2.46. The van der Waals surface area contributed by atoms with Crippen LogP contribution in [-0.4, -0.2) is 26.1 Å². The Bertz CT molecular complexity index is 804. The number of anilines is 1. The topological polar surface area (TPSA) is 55.6 Å². The number of aryl methyl sites for hydroxylation is 3. The van der Waals surface area contributed by atoms with Crippen molar-refractivity contribution in [1.29, 1.82) is 0 Å². The molecule has 0 radical (unpaired) electrons. The Labute approximate surface area is 124 Å². The fourth-order valence-electron chi connectivity index (χ4n) is 2.36. The van der Waals surface area contributed by atoms with Gasteiger partial charge in [-0.2, -0.15) is 4.98 Å². The van der Waals surface area contributed by atoms with Crippen molar-refractivity contribution in [2.75, 3.05) is 11.9 Å². The van der Waals surface area contributed by atoms with Crippen molar-refractivity contribution in [2.45, 2.75) is 27.7 Å². The predicted molar refractivity (Wildman–Crippen MR) is 85.0 cm³/mol. The lowest BCUT2D eigenvalue weighted by atomic mass is 10.1. The number of fused-ring (bicyclic) bond motifs is 1. The molecule has 0 saturated heterocycles. The second-order valence-corrected chi connectivity index (χ2v) is 5.26. The maximum Gasteiger partial charge on any atom is 0.224 e. The third-order valence-corrected chi connectivity index (χ3v) is 3.59. The van der Waals surface area contributed by atoms with Gasteiger partial charge in [0.25, 0.3) is 0 Å². The van der Waals surface area contributed by atoms with Crippen LogP contribution >= 0.6 is 0 Å². The molecule has 108 valence electrons. The summed E-state index contributed by atoms with van der Waals surface area (Å²) < 4.78 is 2.01. The molecule has 0 saturated carbocycles. The maximum absolute atomic E-state index is 4.57. The number of nitrogens with one attached hydrogen (secondary N) is 1. The molecule has 2 heterocycles. The van der Waals surface area contributed by atoms with Gasteiger partial charge < -0.3 is 5.32 Å². The van der Waals surface area contributed by atoms with Crippen LogP contribution in [0.5, 0.6) is 0 Å². The molecule has 0 aliphatic rings. The Hall–Kier alpha value is -2.43. The van der Waals surface area contributed by atoms with Crippen molar-refractivity contribution >= 4 is 17.0 Å². The van der Waals surface area contributed by atoms with E-state index in [0.717, 1.165) is 29.1 Å². The molecular weight excluding hydrogens is 262 g/mol. The Kier molecular flexibility index (Phi) is 3.33. The van der Waals surface area contributed by atoms with Crippen LogP contribution in [0.15, 0.2) is 24.5 Å². The standard InChI is InChI=1S/C16H19N5/c1-5-17-16-19-12(4)8-15(20-16)21-9-18-13-6-10(2)11(3)7-14(13)21/h6-9H,5H2,1-4H3,(H,17,19,20). The smallest absolute Gasteiger partial charge is 0.224 e. The molecule has 0 amide bonds. The zero-order chi connectivity index (χ0) is 15.0. The summed E-state index contributed by atoms with van der Waals surface area (Å²) in [5, 5.41) is 3.16. The summed E-state index contributed by atoms with van der Waals surface area (Å²) in [6.07, 6.45) is 1.82. The molecule has 1 N–H and O–H groups in total. The number of aromatic nitrogens is 4. The summed E-state index contributed by atoms with van der Waals surface area (Å²) in [5.41, 5.74) is 5.49. The summed E-state index contributed by atoms with van der Waals surface area (Å²) in [6, 6.07) is 6.24. The molecule has 5 nitrogen and oxygen atoms in total. The maximum atomic E-state index is 4.57. The fourth-order valence-corrected chi connectivity index (χ4v) is 2.36. The van der Waals surface area contributed by atoms with Gasteiger partial charge >= 0.3 is 0 Å². The van der Waals surface area contributed by atoms with E-state index in [0.29, 0.717) is 5.95 Å². The first-order valence-electron chi connectivity index (χ1n) is 7.12. The van der Waals surface area contributed by atoms with E-state index in [1.165, 1.54) is 11.1 Å². The molecule has 2 aromatic heterocycles. The lowest BCUT2D eigenvalue weighted by Crippen LogP contribution is -2.06. The second kappa shape index (κ2) is 5.16. The molecule has 0 unspecified atom stereocenters. The van der Waals surface area contributed by atoms with Gasteiger partial charge in [-0.3, -0.25) is 4.57 Å². The molecule has 1 aromatic carbocycles. The molecule has 0 aliphatic heterocycles. The van der Waals surface area contributed by atoms with Crippen LogP contribution < -0.4 is 5.32 Å². The van der Waals surface area contributed by atoms with Gasteiger partial charge in [-0.25, -0.2) is 9.97 Å². The minimum Gasteiger partial charge on any atom is -0.354 e. The Morgan fingerprint density at radius 3 is 2.57 bits per heavy atom. The fraction of sp³-hybridized carbons (Fsp3) is 0.312. The molecule has 5 heteroatoms. The number of hydrogen-bond donors (Lipinski definition) is 1. The van der Waals surface area contributed by atoms with Crippen LogP contribution in [0.4, 0.5) is 5.95 Å². The van der Waals surface area contributed by atoms with Gasteiger partial charge in [-0.05, 0) is 51.0 Å². The van der Waals surface area contributed by atoms with Crippen molar-refractivity contribution in [3.63, 3.8) is 0 Å². The highest BCUT2D eigenvalue weighted by Crippen LogP contribution is 2.21. The van der Waals surface area contributed by atoms with E-state index >= 15 is 0 Å². The van der Waals surface area contributed by atoms with Gasteiger partial charge in [0, 0.05) is 18.3 Å². The molecule has 21 heavy (non-hydrogen) atoms. The number of imidazole rings is 1. The first-order valence-corrected chi connectivity index (χ1v) is 7.12. The van der Waals surface area contributed by atoms with Crippen LogP contribution in [0.2, 0.25) is 0 Å². The Morgan fingerprint density at radius 2 is 1.81 bits per heavy atom. The van der Waals surface area contributed by atoms with Crippen LogP contribution in [0, 0.1) is 20.8 Å². The normalized spacial score (nSPS) is 11.0. The summed E-state index contributed by atoms with van der Waals surface area (Å²) in [6.45, 7) is 9.02. The highest BCUT2D eigenvalue weighted by molar-refractivity contribution is 5.79. The van der Waals surface area contributed by atoms with Crippen LogP contribution in [0.3, 0.4) is 0 Å². The van der Waals surface area contributed by atoms with Gasteiger partial charge in [0.2, 0.25) is 5.95 Å². The summed E-state index contributed by atoms with van der Waals surface area (Å²) in [7, 11) is 0. The monoisotopic (exact) mass is 281 g/mol. The van der Waals surface area contributed by atoms with Crippen molar-refractivity contribution in [3.8, 4) is 5.82 Å². The van der Waals surface area contributed by atoms with Gasteiger partial charge in [-0.15, -0.1) is 0 Å². The van der Waals surface area contributed by atoms with E-state index in [1.807, 2.05) is 30.8 Å². The molecule has 3 aromatic rings. The first kappa shape index (κ1) is 13.5. The lowest BCUT2D eigenvalue weighted by Gasteiger charge is -2.09. The first-order chi connectivity index (χ1) is 10.1. The van der Waals surface area contributed by atoms with E-state index in [4.69, 9.17) is 0 Å². The molecule has 3 rings (SSSR count). The molecule has 0 bridgehead atoms.